The van der Waals surface area contributed by atoms with Crippen molar-refractivity contribution in [3.05, 3.63) is 57.9 Å². The second-order valence-corrected chi connectivity index (χ2v) is 14.6. The van der Waals surface area contributed by atoms with Gasteiger partial charge in [-0.3, -0.25) is 4.90 Å². The lowest BCUT2D eigenvalue weighted by Crippen LogP contribution is -2.53. The number of piperazine rings is 1. The first-order chi connectivity index (χ1) is 18.8. The zero-order valence-corrected chi connectivity index (χ0v) is 25.4. The molecule has 0 spiro atoms. The van der Waals surface area contributed by atoms with E-state index in [2.05, 4.69) is 0 Å². The predicted octanol–water partition coefficient (Wildman–Crippen LogP) is 5.41. The summed E-state index contributed by atoms with van der Waals surface area (Å²) in [6.07, 6.45) is 0.371. The number of amides is 3. The van der Waals surface area contributed by atoms with E-state index in [0.29, 0.717) is 37.6 Å². The number of carbonyl (C=O) groups is 2. The summed E-state index contributed by atoms with van der Waals surface area (Å²) in [4.78, 5) is 32.2. The fraction of sp³-hybridized carbons (Fsp3) is 0.429. The molecule has 0 N–H and O–H groups in total. The lowest BCUT2D eigenvalue weighted by Gasteiger charge is -2.35. The number of rotatable bonds is 3. The first-order valence-electron chi connectivity index (χ1n) is 13.1. The molecule has 0 saturated carbocycles. The summed E-state index contributed by atoms with van der Waals surface area (Å²) < 4.78 is 33.6. The molecule has 0 bridgehead atoms. The number of carbonyl (C=O) groups excluding carboxylic acids is 2. The van der Waals surface area contributed by atoms with Crippen LogP contribution < -0.4 is 4.90 Å². The third kappa shape index (κ3) is 5.93. The van der Waals surface area contributed by atoms with Crippen LogP contribution in [-0.4, -0.2) is 80.0 Å². The molecule has 2 aromatic carbocycles. The minimum atomic E-state index is -3.70. The number of sulfonamides is 1. The van der Waals surface area contributed by atoms with Crippen molar-refractivity contribution in [1.82, 2.24) is 14.1 Å². The molecule has 0 atom stereocenters. The SMILES string of the molecule is CN(C(=O)N1CCN(S(=O)(=O)c2ccc3cc(Cl)ccc3c2)CC1)c1cc2c(s1)CCN(C(=O)OC(C)(C)C)C2. The van der Waals surface area contributed by atoms with Crippen LogP contribution in [0.4, 0.5) is 14.6 Å². The van der Waals surface area contributed by atoms with Crippen LogP contribution in [0.1, 0.15) is 31.2 Å². The van der Waals surface area contributed by atoms with Gasteiger partial charge in [-0.05, 0) is 73.9 Å². The van der Waals surface area contributed by atoms with Crippen molar-refractivity contribution in [3.8, 4) is 0 Å². The number of ether oxygens (including phenoxy) is 1. The molecule has 1 fully saturated rings. The van der Waals surface area contributed by atoms with Gasteiger partial charge in [-0.2, -0.15) is 4.31 Å². The smallest absolute Gasteiger partial charge is 0.410 e. The summed E-state index contributed by atoms with van der Waals surface area (Å²) >= 11 is 7.60. The predicted molar refractivity (Wildman–Crippen MR) is 158 cm³/mol. The first-order valence-corrected chi connectivity index (χ1v) is 15.8. The maximum Gasteiger partial charge on any atom is 0.410 e. The molecule has 5 rings (SSSR count). The molecule has 12 heteroatoms. The highest BCUT2D eigenvalue weighted by Crippen LogP contribution is 2.35. The molecule has 3 heterocycles. The highest BCUT2D eigenvalue weighted by molar-refractivity contribution is 7.89. The Kier molecular flexibility index (Phi) is 7.77. The van der Waals surface area contributed by atoms with Gasteiger partial charge >= 0.3 is 12.1 Å². The van der Waals surface area contributed by atoms with Crippen molar-refractivity contribution >= 4 is 60.9 Å². The van der Waals surface area contributed by atoms with Crippen LogP contribution in [0.2, 0.25) is 5.02 Å². The first kappa shape index (κ1) is 28.7. The molecule has 3 amide bonds. The Morgan fingerprint density at radius 2 is 1.62 bits per heavy atom. The van der Waals surface area contributed by atoms with Crippen molar-refractivity contribution in [2.45, 2.75) is 44.2 Å². The summed E-state index contributed by atoms with van der Waals surface area (Å²) in [5.74, 6) is 0. The Morgan fingerprint density at radius 1 is 0.950 bits per heavy atom. The highest BCUT2D eigenvalue weighted by Gasteiger charge is 2.33. The maximum absolute atomic E-state index is 13.3. The molecule has 1 saturated heterocycles. The number of urea groups is 1. The zero-order chi connectivity index (χ0) is 28.8. The molecular formula is C28H33ClN4O5S2. The molecule has 40 heavy (non-hydrogen) atoms. The van der Waals surface area contributed by atoms with E-state index in [9.17, 15) is 18.0 Å². The largest absolute Gasteiger partial charge is 0.444 e. The Bertz CT molecular complexity index is 1560. The summed E-state index contributed by atoms with van der Waals surface area (Å²) in [6, 6.07) is 12.1. The van der Waals surface area contributed by atoms with Gasteiger partial charge in [-0.15, -0.1) is 11.3 Å². The Balaban J connectivity index is 1.21. The van der Waals surface area contributed by atoms with E-state index in [1.165, 1.54) is 4.31 Å². The van der Waals surface area contributed by atoms with Crippen LogP contribution >= 0.6 is 22.9 Å². The maximum atomic E-state index is 13.3. The van der Waals surface area contributed by atoms with Crippen molar-refractivity contribution in [2.75, 3.05) is 44.7 Å². The number of hydrogen-bond donors (Lipinski definition) is 0. The number of halogens is 1. The fourth-order valence-corrected chi connectivity index (χ4v) is 7.65. The number of nitrogens with zero attached hydrogens (tertiary/aromatic N) is 4. The van der Waals surface area contributed by atoms with Crippen LogP contribution in [0, 0.1) is 0 Å². The van der Waals surface area contributed by atoms with Gasteiger partial charge in [0.2, 0.25) is 10.0 Å². The van der Waals surface area contributed by atoms with Crippen molar-refractivity contribution in [3.63, 3.8) is 0 Å². The van der Waals surface area contributed by atoms with Gasteiger partial charge < -0.3 is 14.5 Å². The molecular weight excluding hydrogens is 572 g/mol. The number of benzene rings is 2. The molecule has 1 aromatic heterocycles. The number of hydrogen-bond acceptors (Lipinski definition) is 6. The molecule has 9 nitrogen and oxygen atoms in total. The van der Waals surface area contributed by atoms with Gasteiger partial charge in [0.15, 0.2) is 0 Å². The molecule has 2 aliphatic heterocycles. The van der Waals surface area contributed by atoms with Crippen molar-refractivity contribution < 1.29 is 22.7 Å². The lowest BCUT2D eigenvalue weighted by atomic mass is 10.1. The van der Waals surface area contributed by atoms with Crippen LogP contribution in [-0.2, 0) is 27.7 Å². The van der Waals surface area contributed by atoms with Crippen molar-refractivity contribution in [2.24, 2.45) is 0 Å². The normalized spacial score (nSPS) is 16.6. The van der Waals surface area contributed by atoms with Gasteiger partial charge in [0, 0.05) is 49.7 Å². The van der Waals surface area contributed by atoms with E-state index < -0.39 is 15.6 Å². The number of thiophene rings is 1. The Labute approximate surface area is 243 Å². The average Bonchev–Trinajstić information content (AvgIpc) is 3.34. The number of fused-ring (bicyclic) bond motifs is 2. The monoisotopic (exact) mass is 604 g/mol. The Hall–Kier alpha value is -2.86. The van der Waals surface area contributed by atoms with Gasteiger partial charge in [0.25, 0.3) is 0 Å². The number of anilines is 1. The van der Waals surface area contributed by atoms with E-state index in [4.69, 9.17) is 16.3 Å². The minimum Gasteiger partial charge on any atom is -0.444 e. The molecule has 0 aliphatic carbocycles. The summed E-state index contributed by atoms with van der Waals surface area (Å²) in [6.45, 7) is 7.57. The molecule has 214 valence electrons. The highest BCUT2D eigenvalue weighted by atomic mass is 35.5. The van der Waals surface area contributed by atoms with Gasteiger partial charge in [-0.1, -0.05) is 23.7 Å². The third-order valence-corrected chi connectivity index (χ3v) is 10.5. The van der Waals surface area contributed by atoms with Crippen LogP contribution in [0.5, 0.6) is 0 Å². The molecule has 2 aliphatic rings. The lowest BCUT2D eigenvalue weighted by molar-refractivity contribution is 0.0225. The van der Waals surface area contributed by atoms with E-state index in [1.54, 1.807) is 69.5 Å². The van der Waals surface area contributed by atoms with Gasteiger partial charge in [0.05, 0.1) is 16.4 Å². The van der Waals surface area contributed by atoms with E-state index >= 15 is 0 Å². The van der Waals surface area contributed by atoms with Crippen LogP contribution in [0.25, 0.3) is 10.8 Å². The average molecular weight is 605 g/mol. The summed E-state index contributed by atoms with van der Waals surface area (Å²) in [7, 11) is -1.97. The molecule has 0 unspecified atom stereocenters. The van der Waals surface area contributed by atoms with Gasteiger partial charge in [-0.25, -0.2) is 18.0 Å². The third-order valence-electron chi connectivity index (χ3n) is 7.04. The van der Waals surface area contributed by atoms with Crippen LogP contribution in [0.15, 0.2) is 47.4 Å². The minimum absolute atomic E-state index is 0.178. The van der Waals surface area contributed by atoms with E-state index in [-0.39, 0.29) is 30.1 Å². The van der Waals surface area contributed by atoms with E-state index in [1.807, 2.05) is 26.8 Å². The second-order valence-electron chi connectivity index (χ2n) is 11.1. The molecule has 0 radical (unpaired) electrons. The zero-order valence-electron chi connectivity index (χ0n) is 23.0. The van der Waals surface area contributed by atoms with Gasteiger partial charge in [0.1, 0.15) is 5.60 Å². The van der Waals surface area contributed by atoms with Crippen molar-refractivity contribution in [1.29, 1.82) is 0 Å². The fourth-order valence-electron chi connectivity index (χ4n) is 4.90. The summed E-state index contributed by atoms with van der Waals surface area (Å²) in [5, 5.41) is 3.07. The topological polar surface area (TPSA) is 90.5 Å². The molecule has 3 aromatic rings. The second kappa shape index (κ2) is 10.8. The summed E-state index contributed by atoms with van der Waals surface area (Å²) in [5.41, 5.74) is 0.461. The quantitative estimate of drug-likeness (QED) is 0.399. The van der Waals surface area contributed by atoms with Crippen LogP contribution in [0.3, 0.4) is 0 Å². The standard InChI is InChI=1S/C28H33ClN4O5S2/c1-28(2,3)38-27(35)32-10-9-24-21(18-32)17-25(39-24)30(4)26(34)31-11-13-33(14-12-31)40(36,37)23-8-6-19-15-22(29)7-5-20(19)16-23/h5-8,15-17H,9-14,18H2,1-4H3. The van der Waals surface area contributed by atoms with E-state index in [0.717, 1.165) is 26.2 Å². The Morgan fingerprint density at radius 3 is 2.33 bits per heavy atom.